The topological polar surface area (TPSA) is 63.6 Å². The molecule has 1 aromatic heterocycles. The Kier molecular flexibility index (Phi) is 6.45. The molecular weight excluding hydrogens is 402 g/mol. The van der Waals surface area contributed by atoms with Crippen molar-refractivity contribution < 1.29 is 14.3 Å². The minimum Gasteiger partial charge on any atom is -0.496 e. The second-order valence-corrected chi connectivity index (χ2v) is 6.94. The van der Waals surface area contributed by atoms with Crippen molar-refractivity contribution in [3.63, 3.8) is 0 Å². The van der Waals surface area contributed by atoms with Gasteiger partial charge >= 0.3 is 0 Å². The van der Waals surface area contributed by atoms with Crippen LogP contribution < -0.4 is 10.1 Å². The molecule has 0 atom stereocenters. The number of hydrogen-bond donors (Lipinski definition) is 1. The van der Waals surface area contributed by atoms with E-state index in [2.05, 4.69) is 11.2 Å². The summed E-state index contributed by atoms with van der Waals surface area (Å²) in [6.45, 7) is -0.154. The third-order valence-corrected chi connectivity index (χ3v) is 4.73. The van der Waals surface area contributed by atoms with Crippen molar-refractivity contribution >= 4 is 29.1 Å². The summed E-state index contributed by atoms with van der Waals surface area (Å²) < 4.78 is 7.22. The van der Waals surface area contributed by atoms with E-state index >= 15 is 0 Å². The highest BCUT2D eigenvalue weighted by Crippen LogP contribution is 2.30. The number of benzene rings is 2. The highest BCUT2D eigenvalue weighted by Gasteiger charge is 2.21. The first kappa shape index (κ1) is 21.0. The number of anilines is 1. The number of amides is 2. The number of ether oxygens (including phenoxy) is 1. The molecule has 0 aliphatic rings. The zero-order valence-corrected chi connectivity index (χ0v) is 17.3. The fourth-order valence-electron chi connectivity index (χ4n) is 2.95. The summed E-state index contributed by atoms with van der Waals surface area (Å²) in [6, 6.07) is 13.9. The van der Waals surface area contributed by atoms with E-state index in [1.807, 2.05) is 29.1 Å². The van der Waals surface area contributed by atoms with E-state index < -0.39 is 0 Å². The summed E-state index contributed by atoms with van der Waals surface area (Å²) in [5.74, 6) is 2.13. The lowest BCUT2D eigenvalue weighted by Crippen LogP contribution is -2.35. The van der Waals surface area contributed by atoms with Crippen LogP contribution in [0.1, 0.15) is 15.9 Å². The van der Waals surface area contributed by atoms with Gasteiger partial charge in [-0.15, -0.1) is 6.42 Å². The first-order chi connectivity index (χ1) is 14.4. The predicted octanol–water partition coefficient (Wildman–Crippen LogP) is 3.83. The van der Waals surface area contributed by atoms with Crippen LogP contribution in [-0.4, -0.2) is 42.0 Å². The number of nitrogens with zero attached hydrogens (tertiary/aromatic N) is 2. The molecule has 3 rings (SSSR count). The minimum atomic E-state index is -0.389. The Balaban J connectivity index is 1.76. The summed E-state index contributed by atoms with van der Waals surface area (Å²) in [5, 5.41) is 3.12. The number of carbonyl (C=O) groups excluding carboxylic acids is 2. The van der Waals surface area contributed by atoms with E-state index in [0.717, 1.165) is 0 Å². The number of hydrogen-bond acceptors (Lipinski definition) is 3. The van der Waals surface area contributed by atoms with Gasteiger partial charge in [-0.3, -0.25) is 9.59 Å². The maximum absolute atomic E-state index is 12.9. The third-order valence-electron chi connectivity index (χ3n) is 4.42. The van der Waals surface area contributed by atoms with Crippen LogP contribution in [0.3, 0.4) is 0 Å². The van der Waals surface area contributed by atoms with Crippen molar-refractivity contribution in [1.82, 2.24) is 9.47 Å². The van der Waals surface area contributed by atoms with Gasteiger partial charge in [-0.25, -0.2) is 0 Å². The van der Waals surface area contributed by atoms with Crippen LogP contribution in [0.15, 0.2) is 60.9 Å². The Morgan fingerprint density at radius 1 is 1.20 bits per heavy atom. The van der Waals surface area contributed by atoms with Crippen molar-refractivity contribution in [3.8, 4) is 23.8 Å². The van der Waals surface area contributed by atoms with Crippen LogP contribution in [0.2, 0.25) is 5.02 Å². The second-order valence-electron chi connectivity index (χ2n) is 6.53. The van der Waals surface area contributed by atoms with Crippen LogP contribution in [0, 0.1) is 12.3 Å². The molecule has 2 aromatic carbocycles. The van der Waals surface area contributed by atoms with Gasteiger partial charge in [0.2, 0.25) is 5.91 Å². The van der Waals surface area contributed by atoms with E-state index in [-0.39, 0.29) is 23.9 Å². The third kappa shape index (κ3) is 4.65. The normalized spacial score (nSPS) is 10.2. The lowest BCUT2D eigenvalue weighted by atomic mass is 10.1. The highest BCUT2D eigenvalue weighted by molar-refractivity contribution is 6.33. The molecule has 7 heteroatoms. The molecule has 1 N–H and O–H groups in total. The number of rotatable bonds is 6. The van der Waals surface area contributed by atoms with Crippen LogP contribution in [0.5, 0.6) is 5.75 Å². The summed E-state index contributed by atoms with van der Waals surface area (Å²) >= 11 is 6.40. The van der Waals surface area contributed by atoms with Crippen LogP contribution in [0.25, 0.3) is 5.69 Å². The van der Waals surface area contributed by atoms with Gasteiger partial charge in [0.25, 0.3) is 5.91 Å². The molecule has 3 aromatic rings. The highest BCUT2D eigenvalue weighted by atomic mass is 35.5. The molecule has 0 aliphatic carbocycles. The first-order valence-corrected chi connectivity index (χ1v) is 9.43. The number of aromatic nitrogens is 1. The molecule has 6 nitrogen and oxygen atoms in total. The van der Waals surface area contributed by atoms with Crippen molar-refractivity contribution in [2.75, 3.05) is 26.0 Å². The molecule has 0 fully saturated rings. The monoisotopic (exact) mass is 421 g/mol. The van der Waals surface area contributed by atoms with Gasteiger partial charge in [0.15, 0.2) is 0 Å². The molecule has 0 spiro atoms. The second kappa shape index (κ2) is 9.21. The SMILES string of the molecule is C#Cc1cccc(NC(=O)CN(C)C(=O)c2cc(Cl)c(-n3cccc3)cc2OC)c1. The van der Waals surface area contributed by atoms with Crippen molar-refractivity contribution in [3.05, 3.63) is 77.1 Å². The maximum atomic E-state index is 12.9. The number of halogens is 1. The van der Waals surface area contributed by atoms with Gasteiger partial charge in [-0.2, -0.15) is 0 Å². The number of carbonyl (C=O) groups is 2. The molecule has 0 unspecified atom stereocenters. The van der Waals surface area contributed by atoms with E-state index in [0.29, 0.717) is 27.7 Å². The molecule has 152 valence electrons. The van der Waals surface area contributed by atoms with Gasteiger partial charge in [0.1, 0.15) is 5.75 Å². The Morgan fingerprint density at radius 2 is 1.93 bits per heavy atom. The van der Waals surface area contributed by atoms with Crippen molar-refractivity contribution in [1.29, 1.82) is 0 Å². The molecule has 0 bridgehead atoms. The lowest BCUT2D eigenvalue weighted by molar-refractivity contribution is -0.116. The fraction of sp³-hybridized carbons (Fsp3) is 0.130. The molecule has 0 aliphatic heterocycles. The average molecular weight is 422 g/mol. The molecule has 30 heavy (non-hydrogen) atoms. The van der Waals surface area contributed by atoms with E-state index in [4.69, 9.17) is 22.8 Å². The Hall–Kier alpha value is -3.69. The smallest absolute Gasteiger partial charge is 0.257 e. The minimum absolute atomic E-state index is 0.154. The summed E-state index contributed by atoms with van der Waals surface area (Å²) in [7, 11) is 3.01. The Bertz CT molecular complexity index is 1120. The number of terminal acetylenes is 1. The van der Waals surface area contributed by atoms with Crippen molar-refractivity contribution in [2.45, 2.75) is 0 Å². The molecule has 0 saturated heterocycles. The van der Waals surface area contributed by atoms with E-state index in [1.165, 1.54) is 19.1 Å². The zero-order chi connectivity index (χ0) is 21.7. The number of likely N-dealkylation sites (N-methyl/N-ethyl adjacent to an activating group) is 1. The van der Waals surface area contributed by atoms with E-state index in [9.17, 15) is 9.59 Å². The van der Waals surface area contributed by atoms with Gasteiger partial charge < -0.3 is 19.5 Å². The molecule has 0 saturated carbocycles. The molecular formula is C23H20ClN3O3. The zero-order valence-electron chi connectivity index (χ0n) is 16.6. The predicted molar refractivity (Wildman–Crippen MR) is 117 cm³/mol. The van der Waals surface area contributed by atoms with E-state index in [1.54, 1.807) is 36.4 Å². The summed E-state index contributed by atoms with van der Waals surface area (Å²) in [5.41, 5.74) is 2.17. The van der Waals surface area contributed by atoms with Crippen LogP contribution in [-0.2, 0) is 4.79 Å². The van der Waals surface area contributed by atoms with Crippen LogP contribution in [0.4, 0.5) is 5.69 Å². The lowest BCUT2D eigenvalue weighted by Gasteiger charge is -2.19. The molecule has 2 amide bonds. The fourth-order valence-corrected chi connectivity index (χ4v) is 3.21. The molecule has 0 radical (unpaired) electrons. The molecule has 1 heterocycles. The summed E-state index contributed by atoms with van der Waals surface area (Å²) in [4.78, 5) is 26.6. The summed E-state index contributed by atoms with van der Waals surface area (Å²) in [6.07, 6.45) is 9.06. The van der Waals surface area contributed by atoms with Gasteiger partial charge in [-0.05, 0) is 36.4 Å². The maximum Gasteiger partial charge on any atom is 0.257 e. The standard InChI is InChI=1S/C23H20ClN3O3/c1-4-16-8-7-9-17(12-16)25-22(28)15-26(2)23(29)18-13-19(24)20(14-21(18)30-3)27-10-5-6-11-27/h1,5-14H,15H2,2-3H3,(H,25,28). The Morgan fingerprint density at radius 3 is 2.60 bits per heavy atom. The number of methoxy groups -OCH3 is 1. The largest absolute Gasteiger partial charge is 0.496 e. The van der Waals surface area contributed by atoms with Crippen molar-refractivity contribution in [2.24, 2.45) is 0 Å². The van der Waals surface area contributed by atoms with Gasteiger partial charge in [0, 0.05) is 36.8 Å². The quantitative estimate of drug-likeness (QED) is 0.615. The average Bonchev–Trinajstić information content (AvgIpc) is 3.27. The number of nitrogens with one attached hydrogen (secondary N) is 1. The van der Waals surface area contributed by atoms with Gasteiger partial charge in [0.05, 0.1) is 29.9 Å². The Labute approximate surface area is 180 Å². The van der Waals surface area contributed by atoms with Crippen LogP contribution >= 0.6 is 11.6 Å². The first-order valence-electron chi connectivity index (χ1n) is 9.05. The van der Waals surface area contributed by atoms with Gasteiger partial charge in [-0.1, -0.05) is 23.6 Å².